The normalized spacial score (nSPS) is 33.3. The van der Waals surface area contributed by atoms with Crippen LogP contribution in [0.5, 0.6) is 0 Å². The predicted molar refractivity (Wildman–Crippen MR) is 74.1 cm³/mol. The van der Waals surface area contributed by atoms with Gasteiger partial charge in [-0.15, -0.1) is 4.40 Å². The van der Waals surface area contributed by atoms with Gasteiger partial charge < -0.3 is 9.47 Å². The van der Waals surface area contributed by atoms with E-state index >= 15 is 0 Å². The highest BCUT2D eigenvalue weighted by molar-refractivity contribution is 7.92. The number of rotatable bonds is 2. The van der Waals surface area contributed by atoms with Gasteiger partial charge >= 0.3 is 0 Å². The van der Waals surface area contributed by atoms with Crippen molar-refractivity contribution in [1.29, 1.82) is 0 Å². The summed E-state index contributed by atoms with van der Waals surface area (Å²) in [4.78, 5) is 0. The summed E-state index contributed by atoms with van der Waals surface area (Å²) in [5.41, 5.74) is -0.627. The number of fused-ring (bicyclic) bond motifs is 1. The van der Waals surface area contributed by atoms with E-state index in [0.717, 1.165) is 12.8 Å². The molecule has 4 aliphatic rings. The van der Waals surface area contributed by atoms with Crippen molar-refractivity contribution >= 4 is 15.9 Å². The smallest absolute Gasteiger partial charge is 0.266 e. The first-order valence-corrected chi connectivity index (χ1v) is 9.11. The first-order valence-electron chi connectivity index (χ1n) is 7.67. The molecule has 0 radical (unpaired) electrons. The molecule has 4 rings (SSSR count). The molecule has 2 spiro atoms. The molecule has 0 aromatic rings. The van der Waals surface area contributed by atoms with Crippen molar-refractivity contribution < 1.29 is 17.9 Å². The molecule has 2 saturated carbocycles. The van der Waals surface area contributed by atoms with Crippen LogP contribution in [0.3, 0.4) is 0 Å². The van der Waals surface area contributed by atoms with E-state index in [4.69, 9.17) is 9.47 Å². The van der Waals surface area contributed by atoms with Gasteiger partial charge in [-0.25, -0.2) is 8.42 Å². The fraction of sp³-hybridized carbons (Fsp3) is 0.929. The van der Waals surface area contributed by atoms with Crippen LogP contribution >= 0.6 is 0 Å². The summed E-state index contributed by atoms with van der Waals surface area (Å²) in [6.07, 6.45) is 8.11. The maximum atomic E-state index is 12.5. The summed E-state index contributed by atoms with van der Waals surface area (Å²) in [6.45, 7) is 0.797. The molecule has 0 aromatic carbocycles. The molecule has 2 aliphatic carbocycles. The van der Waals surface area contributed by atoms with Crippen molar-refractivity contribution in [2.24, 2.45) is 10.3 Å². The highest BCUT2D eigenvalue weighted by atomic mass is 32.2. The van der Waals surface area contributed by atoms with Gasteiger partial charge in [0.05, 0.1) is 13.2 Å². The van der Waals surface area contributed by atoms with E-state index in [9.17, 15) is 8.42 Å². The Balaban J connectivity index is 1.59. The van der Waals surface area contributed by atoms with Crippen LogP contribution in [-0.4, -0.2) is 37.9 Å². The van der Waals surface area contributed by atoms with Crippen molar-refractivity contribution in [3.63, 3.8) is 0 Å². The van der Waals surface area contributed by atoms with Gasteiger partial charge in [-0.2, -0.15) is 0 Å². The number of sulfonamides is 1. The molecule has 0 aromatic heterocycles. The lowest BCUT2D eigenvalue weighted by atomic mass is 9.86. The van der Waals surface area contributed by atoms with Gasteiger partial charge in [0.2, 0.25) is 5.90 Å². The Bertz CT molecular complexity index is 540. The Labute approximate surface area is 119 Å². The molecule has 3 fully saturated rings. The van der Waals surface area contributed by atoms with E-state index in [1.54, 1.807) is 0 Å². The van der Waals surface area contributed by atoms with E-state index in [1.807, 2.05) is 0 Å². The Morgan fingerprint density at radius 3 is 2.40 bits per heavy atom. The van der Waals surface area contributed by atoms with Gasteiger partial charge in [-0.3, -0.25) is 0 Å². The maximum absolute atomic E-state index is 12.5. The molecule has 1 saturated heterocycles. The molecule has 2 heterocycles. The fourth-order valence-electron chi connectivity index (χ4n) is 3.95. The molecule has 5 nitrogen and oxygen atoms in total. The third-order valence-electron chi connectivity index (χ3n) is 5.42. The average Bonchev–Trinajstić information content (AvgIpc) is 3.15. The number of hydrogen-bond donors (Lipinski definition) is 0. The summed E-state index contributed by atoms with van der Waals surface area (Å²) in [6, 6.07) is 0. The largest absolute Gasteiger partial charge is 0.467 e. The second kappa shape index (κ2) is 4.19. The van der Waals surface area contributed by atoms with E-state index in [1.165, 1.54) is 19.3 Å². The van der Waals surface area contributed by atoms with Crippen molar-refractivity contribution in [2.75, 3.05) is 13.2 Å². The van der Waals surface area contributed by atoms with Gasteiger partial charge in [0.1, 0.15) is 4.75 Å². The summed E-state index contributed by atoms with van der Waals surface area (Å²) in [5.74, 6) is 0.974. The van der Waals surface area contributed by atoms with E-state index < -0.39 is 20.4 Å². The van der Waals surface area contributed by atoms with Crippen molar-refractivity contribution in [3.8, 4) is 0 Å². The summed E-state index contributed by atoms with van der Waals surface area (Å²) in [5, 5.41) is 0. The van der Waals surface area contributed by atoms with Crippen molar-refractivity contribution in [2.45, 2.75) is 61.7 Å². The Morgan fingerprint density at radius 2 is 1.85 bits per heavy atom. The van der Waals surface area contributed by atoms with Gasteiger partial charge in [0, 0.05) is 6.42 Å². The first kappa shape index (κ1) is 13.1. The maximum Gasteiger partial charge on any atom is 0.266 e. The van der Waals surface area contributed by atoms with Gasteiger partial charge in [0.25, 0.3) is 10.0 Å². The third kappa shape index (κ3) is 1.70. The van der Waals surface area contributed by atoms with Crippen LogP contribution in [0.25, 0.3) is 0 Å². The molecule has 0 N–H and O–H groups in total. The molecular formula is C14H21NO4S. The molecular weight excluding hydrogens is 278 g/mol. The molecule has 0 atom stereocenters. The Morgan fingerprint density at radius 1 is 1.15 bits per heavy atom. The quantitative estimate of drug-likeness (QED) is 0.782. The zero-order valence-electron chi connectivity index (χ0n) is 11.6. The van der Waals surface area contributed by atoms with E-state index in [2.05, 4.69) is 4.40 Å². The zero-order chi connectivity index (χ0) is 13.8. The molecule has 6 heteroatoms. The third-order valence-corrected chi connectivity index (χ3v) is 7.63. The lowest BCUT2D eigenvalue weighted by molar-refractivity contribution is -0.177. The highest BCUT2D eigenvalue weighted by Gasteiger charge is 2.74. The monoisotopic (exact) mass is 299 g/mol. The fourth-order valence-corrected chi connectivity index (χ4v) is 5.75. The second-order valence-corrected chi connectivity index (χ2v) is 8.67. The molecule has 0 bridgehead atoms. The first-order chi connectivity index (χ1) is 9.57. The highest BCUT2D eigenvalue weighted by Crippen LogP contribution is 2.58. The molecule has 2 aliphatic heterocycles. The topological polar surface area (TPSA) is 65.0 Å². The van der Waals surface area contributed by atoms with Gasteiger partial charge in [-0.1, -0.05) is 19.3 Å². The molecule has 20 heavy (non-hydrogen) atoms. The van der Waals surface area contributed by atoms with E-state index in [-0.39, 0.29) is 0 Å². The Hall–Kier alpha value is -0.620. The zero-order valence-corrected chi connectivity index (χ0v) is 12.5. The van der Waals surface area contributed by atoms with Gasteiger partial charge in [-0.05, 0) is 31.6 Å². The summed E-state index contributed by atoms with van der Waals surface area (Å²) < 4.78 is 39.6. The van der Waals surface area contributed by atoms with Crippen molar-refractivity contribution in [3.05, 3.63) is 0 Å². The number of ether oxygens (including phenoxy) is 2. The van der Waals surface area contributed by atoms with Crippen LogP contribution in [-0.2, 0) is 19.5 Å². The molecule has 112 valence electrons. The Kier molecular flexibility index (Phi) is 2.74. The minimum absolute atomic E-state index is 0.399. The van der Waals surface area contributed by atoms with Crippen LogP contribution < -0.4 is 0 Å². The lowest BCUT2D eigenvalue weighted by Crippen LogP contribution is -2.66. The van der Waals surface area contributed by atoms with E-state index in [0.29, 0.717) is 44.3 Å². The van der Waals surface area contributed by atoms with Crippen LogP contribution in [0.2, 0.25) is 0 Å². The number of nitrogens with zero attached hydrogens (tertiary/aromatic N) is 1. The number of hydrogen-bond acceptors (Lipinski definition) is 4. The van der Waals surface area contributed by atoms with Crippen LogP contribution in [0.15, 0.2) is 4.40 Å². The van der Waals surface area contributed by atoms with Crippen LogP contribution in [0.1, 0.15) is 51.4 Å². The standard InChI is InChI=1S/C14H21NO4S/c16-20(17)14(6-7-14)13(9-18-10-13)19-12(15-20)8-11-4-2-1-3-5-11/h11H,1-10H2. The van der Waals surface area contributed by atoms with Crippen LogP contribution in [0, 0.1) is 5.92 Å². The molecule has 0 unspecified atom stereocenters. The second-order valence-electron chi connectivity index (χ2n) is 6.75. The molecule has 0 amide bonds. The minimum atomic E-state index is -3.44. The van der Waals surface area contributed by atoms with Crippen LogP contribution in [0.4, 0.5) is 0 Å². The average molecular weight is 299 g/mol. The summed E-state index contributed by atoms with van der Waals surface area (Å²) >= 11 is 0. The van der Waals surface area contributed by atoms with Crippen molar-refractivity contribution in [1.82, 2.24) is 0 Å². The SMILES string of the molecule is O=S1(=O)N=C(CC2CCCCC2)OC2(COC2)C12CC2. The minimum Gasteiger partial charge on any atom is -0.467 e. The predicted octanol–water partition coefficient (Wildman–Crippen LogP) is 2.02. The summed E-state index contributed by atoms with van der Waals surface area (Å²) in [7, 11) is -3.44. The van der Waals surface area contributed by atoms with Gasteiger partial charge in [0.15, 0.2) is 5.60 Å². The lowest BCUT2D eigenvalue weighted by Gasteiger charge is -2.48.